The number of thioether (sulfide) groups is 1. The summed E-state index contributed by atoms with van der Waals surface area (Å²) >= 11 is 1.32. The Kier molecular flexibility index (Phi) is 47.0. The molecule has 47 nitrogen and oxygen atoms in total. The number of hydrogen-bond donors (Lipinski definition) is 22. The molecule has 13 amide bonds. The fourth-order valence-electron chi connectivity index (χ4n) is 10.8. The van der Waals surface area contributed by atoms with Crippen molar-refractivity contribution in [3.63, 3.8) is 0 Å². The van der Waals surface area contributed by atoms with E-state index in [0.717, 1.165) is 0 Å². The Balaban J connectivity index is 3.53. The topological polar surface area (TPSA) is 758 Å². The molecule has 0 bridgehead atoms. The first-order valence-corrected chi connectivity index (χ1v) is 37.4. The van der Waals surface area contributed by atoms with Gasteiger partial charge in [0.1, 0.15) is 67.0 Å². The number of likely N-dealkylation sites (tertiary alicyclic amines) is 1. The molecule has 12 atom stereocenters. The maximum atomic E-state index is 14.2. The largest absolute Gasteiger partial charge is 0.481 e. The van der Waals surface area contributed by atoms with Crippen molar-refractivity contribution in [2.75, 3.05) is 44.9 Å². The van der Waals surface area contributed by atoms with Crippen molar-refractivity contribution in [1.29, 1.82) is 0 Å². The summed E-state index contributed by atoms with van der Waals surface area (Å²) in [7, 11) is 0. The van der Waals surface area contributed by atoms with Crippen LogP contribution in [0.4, 0.5) is 0 Å². The third-order valence-corrected chi connectivity index (χ3v) is 17.5. The molecule has 2 unspecified atom stereocenters. The highest BCUT2D eigenvalue weighted by Crippen LogP contribution is 2.20. The van der Waals surface area contributed by atoms with E-state index in [1.54, 1.807) is 20.1 Å². The highest BCUT2D eigenvalue weighted by atomic mass is 32.2. The zero-order valence-corrected chi connectivity index (χ0v) is 64.2. The molecule has 1 aliphatic heterocycles. The van der Waals surface area contributed by atoms with Crippen molar-refractivity contribution in [3.8, 4) is 0 Å². The molecule has 0 aromatic carbocycles. The second-order valence-corrected chi connectivity index (χ2v) is 27.6. The van der Waals surface area contributed by atoms with Crippen LogP contribution in [-0.2, 0) is 115 Å². The molecule has 0 aromatic rings. The number of rotatable bonds is 60. The maximum Gasteiger partial charge on any atom is 0.303 e. The van der Waals surface area contributed by atoms with Crippen LogP contribution >= 0.6 is 11.8 Å². The zero-order valence-electron chi connectivity index (χ0n) is 63.4. The molecule has 1 aliphatic rings. The molecule has 0 saturated carbocycles. The summed E-state index contributed by atoms with van der Waals surface area (Å²) < 4.78 is 5.47. The highest BCUT2D eigenvalue weighted by Gasteiger charge is 2.39. The number of nitrogens with zero attached hydrogens (tertiary/aromatic N) is 1. The third kappa shape index (κ3) is 42.7. The van der Waals surface area contributed by atoms with Crippen molar-refractivity contribution in [3.05, 3.63) is 0 Å². The Morgan fingerprint density at radius 2 is 0.687 bits per heavy atom. The summed E-state index contributed by atoms with van der Waals surface area (Å²) in [5.41, 5.74) is 5.73. The number of nitrogens with one attached hydrogen (secondary N) is 12. The van der Waals surface area contributed by atoms with Gasteiger partial charge in [0.2, 0.25) is 76.8 Å². The van der Waals surface area contributed by atoms with E-state index in [4.69, 9.17) is 15.6 Å². The summed E-state index contributed by atoms with van der Waals surface area (Å²) in [5.74, 6) is -29.6. The fraction of sp³-hybridized carbons (Fsp3) is 0.657. The number of hydrogen-bond acceptors (Lipinski definition) is 26. The number of aliphatic carboxylic acids is 9. The van der Waals surface area contributed by atoms with Crippen LogP contribution in [0, 0.1) is 5.92 Å². The minimum Gasteiger partial charge on any atom is -0.481 e. The molecule has 644 valence electrons. The van der Waals surface area contributed by atoms with E-state index in [2.05, 4.69) is 58.5 Å². The maximum absolute atomic E-state index is 14.2. The Labute approximate surface area is 660 Å². The SMILES string of the molecule is CSCC(NC(=O)CNC(=O)[C@H](CC(C)C)NC(=O)C1CCCN1C(=O)COCCNC(=O)[C@@H](CCC(=O)O)NC(=O)[C@@H](CCC(=O)O)NC(=O)[C@@H](CCC(=O)O)NC(=O)[C@@H](CCC(=O)O)NC(=O)[C@@H](CCC(=O)O)NC(=O)[C@@H](CCC(=O)O)NC(=O)[C@@H](CCC(=O)O)NC(=O)[C@@H](CCC(=O)O)NC(=O)[C@H](N)CCC(=O)O)C(C)=O. The minimum atomic E-state index is -2.18. The van der Waals surface area contributed by atoms with Gasteiger partial charge in [-0.2, -0.15) is 11.8 Å². The Bertz CT molecular complexity index is 3510. The number of carboxylic acids is 9. The quantitative estimate of drug-likeness (QED) is 0.0252. The number of amides is 13. The summed E-state index contributed by atoms with van der Waals surface area (Å²) in [5, 5.41) is 112. The van der Waals surface area contributed by atoms with Crippen LogP contribution in [0.15, 0.2) is 0 Å². The van der Waals surface area contributed by atoms with Crippen LogP contribution in [0.5, 0.6) is 0 Å². The molecule has 1 saturated heterocycles. The normalized spacial score (nSPS) is 15.1. The fourth-order valence-corrected chi connectivity index (χ4v) is 11.4. The molecular formula is C67H102N14O33S. The number of carboxylic acid groups (broad SMARTS) is 9. The molecule has 0 aromatic heterocycles. The molecule has 1 fully saturated rings. The number of Topliss-reactive ketones (excluding diaryl/α,β-unsaturated/α-hetero) is 1. The van der Waals surface area contributed by atoms with E-state index in [-0.39, 0.29) is 31.1 Å². The second kappa shape index (κ2) is 53.3. The van der Waals surface area contributed by atoms with Gasteiger partial charge in [0, 0.05) is 76.6 Å². The van der Waals surface area contributed by atoms with Crippen molar-refractivity contribution in [1.82, 2.24) is 68.7 Å². The molecule has 0 radical (unpaired) electrons. The number of carbonyl (C=O) groups excluding carboxylic acids is 14. The molecular weight excluding hydrogens is 1560 g/mol. The highest BCUT2D eigenvalue weighted by molar-refractivity contribution is 7.98. The molecule has 115 heavy (non-hydrogen) atoms. The zero-order chi connectivity index (χ0) is 87.4. The summed E-state index contributed by atoms with van der Waals surface area (Å²) in [4.78, 5) is 296. The van der Waals surface area contributed by atoms with Crippen LogP contribution in [0.25, 0.3) is 0 Å². The summed E-state index contributed by atoms with van der Waals surface area (Å²) in [6, 6.07) is -21.0. The van der Waals surface area contributed by atoms with Crippen LogP contribution in [-0.4, -0.2) is 305 Å². The van der Waals surface area contributed by atoms with E-state index in [0.29, 0.717) is 12.2 Å². The average Bonchev–Trinajstić information content (AvgIpc) is 1.83. The van der Waals surface area contributed by atoms with Gasteiger partial charge in [0.05, 0.1) is 25.2 Å². The van der Waals surface area contributed by atoms with Crippen LogP contribution in [0.1, 0.15) is 156 Å². The van der Waals surface area contributed by atoms with E-state index in [1.165, 1.54) is 23.6 Å². The Hall–Kier alpha value is -11.7. The standard InChI is InChI=1S/C67H102N14O33S/c1-32(2)28-43(59(105)70-29-46(83)71-44(31-115-4)33(3)82)80-67(113)45-6-5-26-81(45)47(84)30-114-27-25-69-58(104)35(8-17-49(87)88)73-61(107)37(10-19-51(91)92)75-63(109)39(12-21-53(95)96)77-65(111)41(14-23-55(99)100)79-66(112)42(15-24-56(101)102)78-64(110)40(13-22-54(97)98)76-62(108)38(11-20-52(93)94)74-60(106)36(9-18-50(89)90)72-57(103)34(68)7-16-48(85)86/h32,34-45H,5-31,68H2,1-4H3,(H,69,104)(H,70,105)(H,71,83)(H,72,103)(H,73,107)(H,74,106)(H,75,109)(H,76,108)(H,77,111)(H,78,110)(H,79,112)(H,80,113)(H,85,86)(H,87,88)(H,89,90)(H,91,92)(H,93,94)(H,95,96)(H,97,98)(H,99,100)(H,101,102)/t34-,35-,36-,37-,38-,39-,40-,41-,42-,43+,44?,45?/m1/s1. The van der Waals surface area contributed by atoms with Gasteiger partial charge in [0.25, 0.3) is 0 Å². The van der Waals surface area contributed by atoms with Gasteiger partial charge in [-0.1, -0.05) is 13.8 Å². The van der Waals surface area contributed by atoms with Gasteiger partial charge in [-0.25, -0.2) is 0 Å². The lowest BCUT2D eigenvalue weighted by Gasteiger charge is -2.28. The number of nitrogens with two attached hydrogens (primary N) is 1. The van der Waals surface area contributed by atoms with Crippen LogP contribution in [0.3, 0.4) is 0 Å². The van der Waals surface area contributed by atoms with Crippen LogP contribution in [0.2, 0.25) is 0 Å². The smallest absolute Gasteiger partial charge is 0.303 e. The first-order valence-electron chi connectivity index (χ1n) is 36.0. The van der Waals surface area contributed by atoms with Crippen molar-refractivity contribution >= 4 is 148 Å². The summed E-state index contributed by atoms with van der Waals surface area (Å²) in [6.45, 7) is 2.91. The number of carbonyl (C=O) groups is 23. The van der Waals surface area contributed by atoms with E-state index in [9.17, 15) is 151 Å². The minimum absolute atomic E-state index is 0.0913. The Morgan fingerprint density at radius 3 is 0.983 bits per heavy atom. The van der Waals surface area contributed by atoms with E-state index in [1.807, 2.05) is 5.32 Å². The lowest BCUT2D eigenvalue weighted by atomic mass is 10.0. The number of ether oxygens (including phenoxy) is 1. The van der Waals surface area contributed by atoms with E-state index >= 15 is 0 Å². The monoisotopic (exact) mass is 1660 g/mol. The van der Waals surface area contributed by atoms with Crippen molar-refractivity contribution < 1.29 is 161 Å². The second-order valence-electron chi connectivity index (χ2n) is 26.7. The third-order valence-electron chi connectivity index (χ3n) is 16.8. The van der Waals surface area contributed by atoms with Gasteiger partial charge in [0.15, 0.2) is 5.78 Å². The van der Waals surface area contributed by atoms with Crippen molar-refractivity contribution in [2.24, 2.45) is 11.7 Å². The van der Waals surface area contributed by atoms with Gasteiger partial charge in [-0.15, -0.1) is 0 Å². The Morgan fingerprint density at radius 1 is 0.391 bits per heavy atom. The molecule has 0 spiro atoms. The molecule has 0 aliphatic carbocycles. The van der Waals surface area contributed by atoms with Gasteiger partial charge < -0.3 is 125 Å². The van der Waals surface area contributed by atoms with Crippen LogP contribution < -0.4 is 69.5 Å². The number of ketones is 1. The van der Waals surface area contributed by atoms with Crippen molar-refractivity contribution in [2.45, 2.75) is 228 Å². The van der Waals surface area contributed by atoms with Gasteiger partial charge in [-0.05, 0) is 96.1 Å². The summed E-state index contributed by atoms with van der Waals surface area (Å²) in [6.07, 6.45) is -13.0. The predicted octanol–water partition coefficient (Wildman–Crippen LogP) is -6.82. The average molecular weight is 1660 g/mol. The van der Waals surface area contributed by atoms with E-state index < -0.39 is 345 Å². The van der Waals surface area contributed by atoms with Gasteiger partial charge >= 0.3 is 53.7 Å². The molecule has 1 heterocycles. The lowest BCUT2D eigenvalue weighted by Crippen LogP contribution is -2.60. The van der Waals surface area contributed by atoms with Gasteiger partial charge in [-0.3, -0.25) is 110 Å². The predicted molar refractivity (Wildman–Crippen MR) is 389 cm³/mol. The first-order chi connectivity index (χ1) is 53.8. The lowest BCUT2D eigenvalue weighted by molar-refractivity contribution is -0.142. The molecule has 1 rings (SSSR count). The first kappa shape index (κ1) is 101. The molecule has 48 heteroatoms. The molecule has 23 N–H and O–H groups in total.